The Balaban J connectivity index is 1.95. The van der Waals surface area contributed by atoms with Crippen LogP contribution < -0.4 is 5.73 Å². The third kappa shape index (κ3) is 2.03. The second-order valence-corrected chi connectivity index (χ2v) is 4.24. The lowest BCUT2D eigenvalue weighted by molar-refractivity contribution is -0.145. The van der Waals surface area contributed by atoms with E-state index in [1.54, 1.807) is 0 Å². The molecule has 3 heteroatoms. The van der Waals surface area contributed by atoms with Crippen molar-refractivity contribution in [1.82, 2.24) is 0 Å². The van der Waals surface area contributed by atoms with Gasteiger partial charge in [0.2, 0.25) is 0 Å². The summed E-state index contributed by atoms with van der Waals surface area (Å²) in [6.45, 7) is 3.42. The highest BCUT2D eigenvalue weighted by Crippen LogP contribution is 2.36. The average molecular weight is 185 g/mol. The molecule has 2 rings (SSSR count). The molecule has 2 N–H and O–H groups in total. The molecule has 0 aromatic heterocycles. The zero-order chi connectivity index (χ0) is 9.15. The van der Waals surface area contributed by atoms with E-state index in [-0.39, 0.29) is 5.60 Å². The summed E-state index contributed by atoms with van der Waals surface area (Å²) < 4.78 is 11.3. The molecule has 76 valence electrons. The Hall–Kier alpha value is -0.120. The number of nitrogens with two attached hydrogens (primary N) is 1. The summed E-state index contributed by atoms with van der Waals surface area (Å²) in [5, 5.41) is 0. The van der Waals surface area contributed by atoms with E-state index in [9.17, 15) is 0 Å². The minimum Gasteiger partial charge on any atom is -0.381 e. The Kier molecular flexibility index (Phi) is 2.86. The van der Waals surface area contributed by atoms with E-state index in [4.69, 9.17) is 15.2 Å². The van der Waals surface area contributed by atoms with Gasteiger partial charge in [0.15, 0.2) is 0 Å². The van der Waals surface area contributed by atoms with Gasteiger partial charge < -0.3 is 15.2 Å². The standard InChI is InChI=1S/C10H19NO2/c11-8-9-1-4-13-10(7-9)2-5-12-6-3-10/h9H,1-8,11H2. The third-order valence-electron chi connectivity index (χ3n) is 3.33. The first-order valence-corrected chi connectivity index (χ1v) is 5.26. The average Bonchev–Trinajstić information content (AvgIpc) is 2.19. The summed E-state index contributed by atoms with van der Waals surface area (Å²) in [5.74, 6) is 0.673. The highest BCUT2D eigenvalue weighted by Gasteiger charge is 2.38. The van der Waals surface area contributed by atoms with Crippen molar-refractivity contribution < 1.29 is 9.47 Å². The molecule has 0 bridgehead atoms. The molecule has 1 atom stereocenters. The molecule has 0 aliphatic carbocycles. The maximum absolute atomic E-state index is 5.90. The first-order valence-electron chi connectivity index (χ1n) is 5.26. The Morgan fingerprint density at radius 1 is 1.23 bits per heavy atom. The Bertz CT molecular complexity index is 161. The molecule has 2 aliphatic rings. The van der Waals surface area contributed by atoms with Crippen molar-refractivity contribution >= 4 is 0 Å². The fourth-order valence-electron chi connectivity index (χ4n) is 2.42. The van der Waals surface area contributed by atoms with Gasteiger partial charge in [0, 0.05) is 19.8 Å². The summed E-state index contributed by atoms with van der Waals surface area (Å²) >= 11 is 0. The number of ether oxygens (including phenoxy) is 2. The van der Waals surface area contributed by atoms with Gasteiger partial charge in [-0.2, -0.15) is 0 Å². The van der Waals surface area contributed by atoms with Crippen molar-refractivity contribution in [3.05, 3.63) is 0 Å². The largest absolute Gasteiger partial charge is 0.381 e. The molecular formula is C10H19NO2. The molecule has 0 saturated carbocycles. The fraction of sp³-hybridized carbons (Fsp3) is 1.00. The number of rotatable bonds is 1. The Morgan fingerprint density at radius 3 is 2.69 bits per heavy atom. The number of hydrogen-bond acceptors (Lipinski definition) is 3. The lowest BCUT2D eigenvalue weighted by atomic mass is 9.81. The van der Waals surface area contributed by atoms with Crippen molar-refractivity contribution in [1.29, 1.82) is 0 Å². The minimum absolute atomic E-state index is 0.126. The summed E-state index contributed by atoms with van der Waals surface area (Å²) in [6.07, 6.45) is 4.40. The molecule has 2 saturated heterocycles. The van der Waals surface area contributed by atoms with Gasteiger partial charge in [-0.05, 0) is 38.1 Å². The summed E-state index contributed by atoms with van der Waals surface area (Å²) in [5.41, 5.74) is 5.83. The highest BCUT2D eigenvalue weighted by atomic mass is 16.5. The molecule has 13 heavy (non-hydrogen) atoms. The van der Waals surface area contributed by atoms with Crippen molar-refractivity contribution in [2.75, 3.05) is 26.4 Å². The summed E-state index contributed by atoms with van der Waals surface area (Å²) in [6, 6.07) is 0. The van der Waals surface area contributed by atoms with Crippen molar-refractivity contribution in [2.24, 2.45) is 11.7 Å². The minimum atomic E-state index is 0.126. The van der Waals surface area contributed by atoms with Crippen LogP contribution >= 0.6 is 0 Å². The molecule has 0 aromatic carbocycles. The lowest BCUT2D eigenvalue weighted by Gasteiger charge is -2.43. The molecule has 2 heterocycles. The molecule has 0 aromatic rings. The van der Waals surface area contributed by atoms with E-state index >= 15 is 0 Å². The van der Waals surface area contributed by atoms with E-state index in [1.807, 2.05) is 0 Å². The molecule has 0 radical (unpaired) electrons. The van der Waals surface area contributed by atoms with Crippen molar-refractivity contribution in [2.45, 2.75) is 31.3 Å². The van der Waals surface area contributed by atoms with Crippen LogP contribution in [0.4, 0.5) is 0 Å². The van der Waals surface area contributed by atoms with Gasteiger partial charge in [-0.3, -0.25) is 0 Å². The first-order chi connectivity index (χ1) is 6.35. The molecular weight excluding hydrogens is 166 g/mol. The van der Waals surface area contributed by atoms with Crippen LogP contribution in [0.3, 0.4) is 0 Å². The smallest absolute Gasteiger partial charge is 0.0729 e. The van der Waals surface area contributed by atoms with Gasteiger partial charge >= 0.3 is 0 Å². The molecule has 1 spiro atoms. The zero-order valence-electron chi connectivity index (χ0n) is 8.13. The number of hydrogen-bond donors (Lipinski definition) is 1. The van der Waals surface area contributed by atoms with Crippen LogP contribution in [0.2, 0.25) is 0 Å². The van der Waals surface area contributed by atoms with Gasteiger partial charge in [-0.1, -0.05) is 0 Å². The van der Waals surface area contributed by atoms with Crippen LogP contribution in [-0.4, -0.2) is 32.0 Å². The maximum Gasteiger partial charge on any atom is 0.0729 e. The predicted molar refractivity (Wildman–Crippen MR) is 50.5 cm³/mol. The van der Waals surface area contributed by atoms with E-state index in [0.717, 1.165) is 52.0 Å². The second kappa shape index (κ2) is 3.95. The van der Waals surface area contributed by atoms with E-state index < -0.39 is 0 Å². The first kappa shape index (κ1) is 9.44. The van der Waals surface area contributed by atoms with Crippen molar-refractivity contribution in [3.63, 3.8) is 0 Å². The van der Waals surface area contributed by atoms with Crippen LogP contribution in [0, 0.1) is 5.92 Å². The van der Waals surface area contributed by atoms with E-state index in [2.05, 4.69) is 0 Å². The predicted octanol–water partition coefficient (Wildman–Crippen LogP) is 0.921. The topological polar surface area (TPSA) is 44.5 Å². The van der Waals surface area contributed by atoms with Gasteiger partial charge in [-0.25, -0.2) is 0 Å². The van der Waals surface area contributed by atoms with Crippen LogP contribution in [-0.2, 0) is 9.47 Å². The molecule has 1 unspecified atom stereocenters. The van der Waals surface area contributed by atoms with Crippen LogP contribution in [0.15, 0.2) is 0 Å². The Morgan fingerprint density at radius 2 is 2.00 bits per heavy atom. The lowest BCUT2D eigenvalue weighted by Crippen LogP contribution is -2.45. The van der Waals surface area contributed by atoms with Crippen molar-refractivity contribution in [3.8, 4) is 0 Å². The fourth-order valence-corrected chi connectivity index (χ4v) is 2.42. The van der Waals surface area contributed by atoms with Crippen LogP contribution in [0.1, 0.15) is 25.7 Å². The molecule has 2 aliphatic heterocycles. The van der Waals surface area contributed by atoms with Gasteiger partial charge in [0.25, 0.3) is 0 Å². The van der Waals surface area contributed by atoms with Gasteiger partial charge in [0.05, 0.1) is 5.60 Å². The normalized spacial score (nSPS) is 33.5. The second-order valence-electron chi connectivity index (χ2n) is 4.24. The van der Waals surface area contributed by atoms with Gasteiger partial charge in [-0.15, -0.1) is 0 Å². The zero-order valence-corrected chi connectivity index (χ0v) is 8.13. The van der Waals surface area contributed by atoms with Crippen LogP contribution in [0.25, 0.3) is 0 Å². The maximum atomic E-state index is 5.90. The van der Waals surface area contributed by atoms with E-state index in [0.29, 0.717) is 5.92 Å². The molecule has 0 amide bonds. The van der Waals surface area contributed by atoms with Crippen LogP contribution in [0.5, 0.6) is 0 Å². The Labute approximate surface area is 79.6 Å². The monoisotopic (exact) mass is 185 g/mol. The SMILES string of the molecule is NCC1CCOC2(CCOCC2)C1. The third-order valence-corrected chi connectivity index (χ3v) is 3.33. The summed E-state index contributed by atoms with van der Waals surface area (Å²) in [7, 11) is 0. The quantitative estimate of drug-likeness (QED) is 0.660. The molecule has 2 fully saturated rings. The molecule has 3 nitrogen and oxygen atoms in total. The summed E-state index contributed by atoms with van der Waals surface area (Å²) in [4.78, 5) is 0. The van der Waals surface area contributed by atoms with E-state index in [1.165, 1.54) is 0 Å². The highest BCUT2D eigenvalue weighted by molar-refractivity contribution is 4.89. The van der Waals surface area contributed by atoms with Gasteiger partial charge in [0.1, 0.15) is 0 Å².